The third-order valence-corrected chi connectivity index (χ3v) is 6.74. The van der Waals surface area contributed by atoms with Gasteiger partial charge in [0.2, 0.25) is 5.91 Å². The third-order valence-electron chi connectivity index (χ3n) is 6.74. The van der Waals surface area contributed by atoms with Gasteiger partial charge in [-0.3, -0.25) is 9.59 Å². The van der Waals surface area contributed by atoms with Crippen molar-refractivity contribution in [1.82, 2.24) is 9.47 Å². The monoisotopic (exact) mass is 418 g/mol. The molecule has 5 rings (SSSR count). The maximum Gasteiger partial charge on any atom is 0.314 e. The summed E-state index contributed by atoms with van der Waals surface area (Å²) in [4.78, 5) is 28.0. The minimum absolute atomic E-state index is 0.0280. The Labute approximate surface area is 181 Å². The minimum atomic E-state index is -0.520. The third kappa shape index (κ3) is 3.31. The molecule has 0 saturated carbocycles. The zero-order valence-electron chi connectivity index (χ0n) is 17.7. The lowest BCUT2D eigenvalue weighted by molar-refractivity contribution is -0.151. The highest BCUT2D eigenvalue weighted by Crippen LogP contribution is 2.43. The van der Waals surface area contributed by atoms with Gasteiger partial charge in [0, 0.05) is 24.7 Å². The highest BCUT2D eigenvalue weighted by Gasteiger charge is 2.47. The Kier molecular flexibility index (Phi) is 5.02. The smallest absolute Gasteiger partial charge is 0.314 e. The fourth-order valence-corrected chi connectivity index (χ4v) is 5.23. The van der Waals surface area contributed by atoms with Crippen LogP contribution in [-0.2, 0) is 26.1 Å². The minimum Gasteiger partial charge on any atom is -0.468 e. The van der Waals surface area contributed by atoms with Crippen molar-refractivity contribution in [3.63, 3.8) is 0 Å². The summed E-state index contributed by atoms with van der Waals surface area (Å²) in [6.45, 7) is 0.476. The van der Waals surface area contributed by atoms with E-state index in [1.165, 1.54) is 7.11 Å². The first-order valence-electron chi connectivity index (χ1n) is 10.7. The number of hydrogen-bond acceptors (Lipinski definition) is 4. The van der Waals surface area contributed by atoms with E-state index in [0.717, 1.165) is 22.2 Å². The van der Waals surface area contributed by atoms with E-state index in [1.54, 1.807) is 0 Å². The van der Waals surface area contributed by atoms with Crippen molar-refractivity contribution < 1.29 is 19.1 Å². The zero-order valence-corrected chi connectivity index (χ0v) is 17.7. The normalized spacial score (nSPS) is 24.3. The molecular weight excluding hydrogens is 392 g/mol. The van der Waals surface area contributed by atoms with E-state index in [4.69, 9.17) is 9.47 Å². The summed E-state index contributed by atoms with van der Waals surface area (Å²) in [5, 5.41) is 1.07. The first-order valence-corrected chi connectivity index (χ1v) is 10.7. The molecule has 3 aromatic rings. The number of esters is 1. The number of fused-ring (bicyclic) bond motifs is 2. The Morgan fingerprint density at radius 1 is 1.13 bits per heavy atom. The van der Waals surface area contributed by atoms with Gasteiger partial charge in [-0.05, 0) is 35.4 Å². The molecule has 1 aromatic heterocycles. The second-order valence-electron chi connectivity index (χ2n) is 8.40. The van der Waals surface area contributed by atoms with Crippen LogP contribution in [0.5, 0.6) is 0 Å². The molecule has 0 unspecified atom stereocenters. The molecule has 0 aliphatic carbocycles. The Morgan fingerprint density at radius 2 is 1.87 bits per heavy atom. The molecule has 6 heteroatoms. The van der Waals surface area contributed by atoms with Gasteiger partial charge in [-0.15, -0.1) is 0 Å². The van der Waals surface area contributed by atoms with Crippen LogP contribution >= 0.6 is 0 Å². The number of amides is 1. The highest BCUT2D eigenvalue weighted by atomic mass is 16.5. The Morgan fingerprint density at radius 3 is 2.61 bits per heavy atom. The maximum absolute atomic E-state index is 13.3. The predicted octanol–water partition coefficient (Wildman–Crippen LogP) is 3.77. The van der Waals surface area contributed by atoms with Crippen molar-refractivity contribution >= 4 is 22.8 Å². The van der Waals surface area contributed by atoms with Crippen molar-refractivity contribution in [1.29, 1.82) is 0 Å². The summed E-state index contributed by atoms with van der Waals surface area (Å²) in [6, 6.07) is 20.0. The molecule has 2 aromatic carbocycles. The van der Waals surface area contributed by atoms with Crippen LogP contribution in [0.3, 0.4) is 0 Å². The van der Waals surface area contributed by atoms with Crippen LogP contribution in [0.4, 0.5) is 0 Å². The van der Waals surface area contributed by atoms with Gasteiger partial charge in [0.05, 0.1) is 19.8 Å². The molecule has 4 atom stereocenters. The van der Waals surface area contributed by atoms with Gasteiger partial charge in [-0.25, -0.2) is 0 Å². The molecule has 1 amide bonds. The van der Waals surface area contributed by atoms with E-state index < -0.39 is 5.92 Å². The second kappa shape index (κ2) is 7.85. The topological polar surface area (TPSA) is 60.8 Å². The molecule has 2 fully saturated rings. The average Bonchev–Trinajstić information content (AvgIpc) is 3.37. The van der Waals surface area contributed by atoms with Crippen molar-refractivity contribution in [2.45, 2.75) is 31.0 Å². The number of para-hydroxylation sites is 1. The van der Waals surface area contributed by atoms with Gasteiger partial charge >= 0.3 is 5.97 Å². The Balaban J connectivity index is 1.47. The first-order chi connectivity index (χ1) is 15.1. The van der Waals surface area contributed by atoms with E-state index >= 15 is 0 Å². The van der Waals surface area contributed by atoms with Gasteiger partial charge in [0.1, 0.15) is 12.1 Å². The van der Waals surface area contributed by atoms with Crippen LogP contribution in [-0.4, -0.2) is 41.3 Å². The molecule has 2 aliphatic rings. The number of nitrogens with zero attached hydrogens (tertiary/aromatic N) is 2. The number of piperidine rings is 1. The van der Waals surface area contributed by atoms with Crippen molar-refractivity contribution in [2.24, 2.45) is 13.0 Å². The number of rotatable bonds is 4. The molecule has 2 aliphatic heterocycles. The number of hydrogen-bond donors (Lipinski definition) is 0. The molecule has 2 saturated heterocycles. The lowest BCUT2D eigenvalue weighted by Gasteiger charge is -2.38. The van der Waals surface area contributed by atoms with Crippen LogP contribution in [0, 0.1) is 5.92 Å². The summed E-state index contributed by atoms with van der Waals surface area (Å²) < 4.78 is 13.3. The van der Waals surface area contributed by atoms with E-state index in [9.17, 15) is 9.59 Å². The molecule has 0 N–H and O–H groups in total. The summed E-state index contributed by atoms with van der Waals surface area (Å²) >= 11 is 0. The summed E-state index contributed by atoms with van der Waals surface area (Å²) in [6.07, 6.45) is 0.583. The van der Waals surface area contributed by atoms with Crippen molar-refractivity contribution in [3.8, 4) is 0 Å². The zero-order chi connectivity index (χ0) is 21.5. The van der Waals surface area contributed by atoms with Crippen molar-refractivity contribution in [3.05, 3.63) is 71.9 Å². The lowest BCUT2D eigenvalue weighted by atomic mass is 9.80. The van der Waals surface area contributed by atoms with E-state index in [2.05, 4.69) is 0 Å². The van der Waals surface area contributed by atoms with Crippen LogP contribution in [0.1, 0.15) is 36.1 Å². The fraction of sp³-hybridized carbons (Fsp3) is 0.360. The molecule has 0 spiro atoms. The number of methoxy groups -OCH3 is 1. The number of benzene rings is 2. The van der Waals surface area contributed by atoms with Gasteiger partial charge in [-0.1, -0.05) is 48.5 Å². The molecule has 160 valence electrons. The number of aryl methyl sites for hydroxylation is 1. The highest BCUT2D eigenvalue weighted by molar-refractivity contribution is 5.86. The van der Waals surface area contributed by atoms with Crippen LogP contribution in [0.15, 0.2) is 60.7 Å². The Bertz CT molecular complexity index is 1120. The van der Waals surface area contributed by atoms with Gasteiger partial charge in [0.25, 0.3) is 0 Å². The standard InChI is InChI=1S/C25H26N2O4/c1-26-19-11-7-6-10-17(19)12-20(26)24(25(29)30-2)18-13-22(28)27-21(15-31-23(27)14-18)16-8-4-3-5-9-16/h3-12,18,21,23-24H,13-15H2,1-2H3/t18-,21+,23+,24-/m1/s1. The summed E-state index contributed by atoms with van der Waals surface area (Å²) in [5.74, 6) is -0.985. The molecular formula is C25H26N2O4. The molecule has 31 heavy (non-hydrogen) atoms. The van der Waals surface area contributed by atoms with Crippen molar-refractivity contribution in [2.75, 3.05) is 13.7 Å². The Hall–Kier alpha value is -3.12. The molecule has 0 bridgehead atoms. The average molecular weight is 418 g/mol. The van der Waals surface area contributed by atoms with E-state index in [1.807, 2.05) is 77.2 Å². The van der Waals surface area contributed by atoms with Gasteiger partial charge < -0.3 is 18.9 Å². The second-order valence-corrected chi connectivity index (χ2v) is 8.40. The summed E-state index contributed by atoms with van der Waals surface area (Å²) in [5.41, 5.74) is 3.00. The van der Waals surface area contributed by atoms with Crippen LogP contribution < -0.4 is 0 Å². The largest absolute Gasteiger partial charge is 0.468 e. The van der Waals surface area contributed by atoms with Gasteiger partial charge in [-0.2, -0.15) is 0 Å². The SMILES string of the molecule is COC(=O)[C@@H](c1cc2ccccc2n1C)[C@@H]1CC(=O)N2[C@H](C1)OC[C@H]2c1ccccc1. The number of ether oxygens (including phenoxy) is 2. The molecule has 6 nitrogen and oxygen atoms in total. The molecule has 3 heterocycles. The number of aromatic nitrogens is 1. The lowest BCUT2D eigenvalue weighted by Crippen LogP contribution is -2.46. The number of carbonyl (C=O) groups excluding carboxylic acids is 2. The fourth-order valence-electron chi connectivity index (χ4n) is 5.23. The van der Waals surface area contributed by atoms with E-state index in [0.29, 0.717) is 19.4 Å². The number of carbonyl (C=O) groups is 2. The van der Waals surface area contributed by atoms with Crippen LogP contribution in [0.25, 0.3) is 10.9 Å². The van der Waals surface area contributed by atoms with Crippen LogP contribution in [0.2, 0.25) is 0 Å². The summed E-state index contributed by atoms with van der Waals surface area (Å²) in [7, 11) is 3.37. The molecule has 0 radical (unpaired) electrons. The first kappa shape index (κ1) is 19.8. The van der Waals surface area contributed by atoms with E-state index in [-0.39, 0.29) is 30.1 Å². The predicted molar refractivity (Wildman–Crippen MR) is 116 cm³/mol. The maximum atomic E-state index is 13.3. The van der Waals surface area contributed by atoms with Gasteiger partial charge in [0.15, 0.2) is 0 Å². The quantitative estimate of drug-likeness (QED) is 0.605.